The predicted molar refractivity (Wildman–Crippen MR) is 71.4 cm³/mol. The maximum atomic E-state index is 13.0. The van der Waals surface area contributed by atoms with Crippen molar-refractivity contribution < 1.29 is 40.8 Å². The molecule has 0 saturated carbocycles. The van der Waals surface area contributed by atoms with Crippen molar-refractivity contribution in [2.45, 2.75) is 11.1 Å². The Labute approximate surface area is 132 Å². The first kappa shape index (κ1) is 17.7. The highest BCUT2D eigenvalue weighted by Crippen LogP contribution is 2.34. The van der Waals surface area contributed by atoms with E-state index < -0.39 is 55.2 Å². The number of nitrogens with zero attached hydrogens (tertiary/aromatic N) is 1. The van der Waals surface area contributed by atoms with Gasteiger partial charge in [0.1, 0.15) is 0 Å². The first-order valence-electron chi connectivity index (χ1n) is 6.08. The molecular weight excluding hydrogens is 355 g/mol. The number of hydrogen-bond acceptors (Lipinski definition) is 6. The predicted octanol–water partition coefficient (Wildman–Crippen LogP) is 2.03. The lowest BCUT2D eigenvalue weighted by Gasteiger charge is -2.10. The molecule has 0 amide bonds. The number of carboxylic acid groups (broad SMARTS) is 1. The second-order valence-corrected chi connectivity index (χ2v) is 6.59. The number of aromatic nitrogens is 1. The van der Waals surface area contributed by atoms with Crippen LogP contribution in [-0.2, 0) is 16.0 Å². The molecule has 0 aliphatic heterocycles. The maximum Gasteiger partial charge on any atom is 0.417 e. The van der Waals surface area contributed by atoms with Crippen LogP contribution in [0.1, 0.15) is 32.2 Å². The summed E-state index contributed by atoms with van der Waals surface area (Å²) in [6, 6.07) is 3.62. The fourth-order valence-corrected chi connectivity index (χ4v) is 2.90. The minimum Gasteiger partial charge on any atom is -0.476 e. The van der Waals surface area contributed by atoms with E-state index in [1.165, 1.54) is 0 Å². The first-order valence-corrected chi connectivity index (χ1v) is 7.97. The van der Waals surface area contributed by atoms with Gasteiger partial charge in [0, 0.05) is 11.8 Å². The van der Waals surface area contributed by atoms with Crippen LogP contribution in [0.25, 0.3) is 0 Å². The molecule has 0 aliphatic carbocycles. The average molecular weight is 363 g/mol. The summed E-state index contributed by atoms with van der Waals surface area (Å²) in [5.41, 5.74) is -3.28. The highest BCUT2D eigenvalue weighted by molar-refractivity contribution is 7.90. The van der Waals surface area contributed by atoms with Crippen LogP contribution >= 0.6 is 0 Å². The van der Waals surface area contributed by atoms with Gasteiger partial charge in [-0.1, -0.05) is 23.4 Å². The molecule has 1 aromatic carbocycles. The fourth-order valence-electron chi connectivity index (χ4n) is 1.96. The monoisotopic (exact) mass is 363 g/mol. The van der Waals surface area contributed by atoms with Gasteiger partial charge in [0.05, 0.1) is 5.56 Å². The summed E-state index contributed by atoms with van der Waals surface area (Å²) >= 11 is 0. The Morgan fingerprint density at radius 2 is 1.79 bits per heavy atom. The molecule has 0 bridgehead atoms. The lowest BCUT2D eigenvalue weighted by molar-refractivity contribution is -0.137. The van der Waals surface area contributed by atoms with Gasteiger partial charge in [-0.3, -0.25) is 4.79 Å². The zero-order chi connectivity index (χ0) is 18.3. The molecule has 11 heteroatoms. The largest absolute Gasteiger partial charge is 0.476 e. The van der Waals surface area contributed by atoms with E-state index in [-0.39, 0.29) is 0 Å². The fraction of sp³-hybridized carbons (Fsp3) is 0.154. The minimum absolute atomic E-state index is 0.582. The van der Waals surface area contributed by atoms with E-state index in [4.69, 9.17) is 5.11 Å². The Hall–Kier alpha value is -2.69. The van der Waals surface area contributed by atoms with E-state index in [1.54, 1.807) is 0 Å². The zero-order valence-corrected chi connectivity index (χ0v) is 12.6. The van der Waals surface area contributed by atoms with E-state index in [9.17, 15) is 31.2 Å². The Balaban J connectivity index is 2.72. The van der Waals surface area contributed by atoms with Gasteiger partial charge in [0.25, 0.3) is 0 Å². The van der Waals surface area contributed by atoms with Gasteiger partial charge in [0.15, 0.2) is 14.7 Å². The second-order valence-electron chi connectivity index (χ2n) is 4.64. The van der Waals surface area contributed by atoms with Crippen LogP contribution in [0, 0.1) is 0 Å². The number of aromatic carboxylic acids is 1. The van der Waals surface area contributed by atoms with E-state index in [0.29, 0.717) is 12.3 Å². The Morgan fingerprint density at radius 3 is 2.29 bits per heavy atom. The standard InChI is InChI=1S/C13H8F3NO6S/c1-24(21,22)11-8(12(19)20)17-23-10(11)9(18)6-4-2-3-5-7(6)13(14,15)16/h2-5H,1H3,(H,19,20). The number of rotatable bonds is 4. The van der Waals surface area contributed by atoms with Gasteiger partial charge in [-0.05, 0) is 6.07 Å². The average Bonchev–Trinajstić information content (AvgIpc) is 2.90. The summed E-state index contributed by atoms with van der Waals surface area (Å²) in [6.07, 6.45) is -4.30. The molecule has 1 aromatic heterocycles. The van der Waals surface area contributed by atoms with Crippen LogP contribution in [0.5, 0.6) is 0 Å². The van der Waals surface area contributed by atoms with Crippen molar-refractivity contribution in [1.29, 1.82) is 0 Å². The molecule has 0 saturated heterocycles. The SMILES string of the molecule is CS(=O)(=O)c1c(C(=O)O)noc1C(=O)c1ccccc1C(F)(F)F. The van der Waals surface area contributed by atoms with Crippen molar-refractivity contribution >= 4 is 21.6 Å². The summed E-state index contributed by atoms with van der Waals surface area (Å²) in [4.78, 5) is 22.2. The molecular formula is C13H8F3NO6S. The van der Waals surface area contributed by atoms with Gasteiger partial charge in [0.2, 0.25) is 17.2 Å². The van der Waals surface area contributed by atoms with Gasteiger partial charge >= 0.3 is 12.1 Å². The Bertz CT molecular complexity index is 929. The Kier molecular flexibility index (Phi) is 4.23. The number of carbonyl (C=O) groups is 2. The number of hydrogen-bond donors (Lipinski definition) is 1. The van der Waals surface area contributed by atoms with Crippen LogP contribution in [0.15, 0.2) is 33.7 Å². The molecule has 2 rings (SSSR count). The molecule has 0 spiro atoms. The highest BCUT2D eigenvalue weighted by Gasteiger charge is 2.39. The minimum atomic E-state index is -4.88. The van der Waals surface area contributed by atoms with Gasteiger partial charge in [-0.2, -0.15) is 13.2 Å². The number of benzene rings is 1. The zero-order valence-electron chi connectivity index (χ0n) is 11.8. The van der Waals surface area contributed by atoms with Crippen molar-refractivity contribution in [3.8, 4) is 0 Å². The van der Waals surface area contributed by atoms with Gasteiger partial charge < -0.3 is 9.63 Å². The van der Waals surface area contributed by atoms with Crippen molar-refractivity contribution in [2.24, 2.45) is 0 Å². The van der Waals surface area contributed by atoms with Crippen LogP contribution in [0.4, 0.5) is 13.2 Å². The highest BCUT2D eigenvalue weighted by atomic mass is 32.2. The molecule has 7 nitrogen and oxygen atoms in total. The molecule has 0 atom stereocenters. The lowest BCUT2D eigenvalue weighted by Crippen LogP contribution is -2.16. The molecule has 0 aliphatic rings. The molecule has 1 heterocycles. The normalized spacial score (nSPS) is 12.2. The topological polar surface area (TPSA) is 115 Å². The molecule has 0 fully saturated rings. The lowest BCUT2D eigenvalue weighted by atomic mass is 10.0. The summed E-state index contributed by atoms with van der Waals surface area (Å²) in [5, 5.41) is 11.9. The summed E-state index contributed by atoms with van der Waals surface area (Å²) in [6.45, 7) is 0. The van der Waals surface area contributed by atoms with Gasteiger partial charge in [-0.15, -0.1) is 0 Å². The van der Waals surface area contributed by atoms with Crippen LogP contribution < -0.4 is 0 Å². The van der Waals surface area contributed by atoms with Crippen LogP contribution in [0.2, 0.25) is 0 Å². The number of carboxylic acids is 1. The van der Waals surface area contributed by atoms with E-state index >= 15 is 0 Å². The number of carbonyl (C=O) groups excluding carboxylic acids is 1. The smallest absolute Gasteiger partial charge is 0.417 e. The maximum absolute atomic E-state index is 13.0. The number of alkyl halides is 3. The molecule has 2 aromatic rings. The molecule has 128 valence electrons. The molecule has 0 unspecified atom stereocenters. The van der Waals surface area contributed by atoms with E-state index in [1.807, 2.05) is 0 Å². The van der Waals surface area contributed by atoms with E-state index in [0.717, 1.165) is 18.2 Å². The molecule has 0 radical (unpaired) electrons. The van der Waals surface area contributed by atoms with E-state index in [2.05, 4.69) is 9.68 Å². The first-order chi connectivity index (χ1) is 10.9. The van der Waals surface area contributed by atoms with Crippen molar-refractivity contribution in [3.63, 3.8) is 0 Å². The number of halogens is 3. The third-order valence-corrected chi connectivity index (χ3v) is 4.03. The summed E-state index contributed by atoms with van der Waals surface area (Å²) < 4.78 is 66.8. The number of sulfone groups is 1. The third kappa shape index (κ3) is 3.15. The van der Waals surface area contributed by atoms with Crippen LogP contribution in [-0.4, -0.2) is 36.7 Å². The third-order valence-electron chi connectivity index (χ3n) is 2.91. The number of ketones is 1. The van der Waals surface area contributed by atoms with Gasteiger partial charge in [-0.25, -0.2) is 13.2 Å². The quantitative estimate of drug-likeness (QED) is 0.827. The van der Waals surface area contributed by atoms with Crippen molar-refractivity contribution in [1.82, 2.24) is 5.16 Å². The summed E-state index contributed by atoms with van der Waals surface area (Å²) in [5.74, 6) is -4.34. The summed E-state index contributed by atoms with van der Waals surface area (Å²) in [7, 11) is -4.31. The molecule has 24 heavy (non-hydrogen) atoms. The van der Waals surface area contributed by atoms with Crippen LogP contribution in [0.3, 0.4) is 0 Å². The second kappa shape index (κ2) is 5.74. The van der Waals surface area contributed by atoms with Crippen molar-refractivity contribution in [2.75, 3.05) is 6.26 Å². The Morgan fingerprint density at radius 1 is 1.21 bits per heavy atom. The van der Waals surface area contributed by atoms with Crippen molar-refractivity contribution in [3.05, 3.63) is 46.8 Å². The molecule has 1 N–H and O–H groups in total.